The molecule has 0 aromatic carbocycles. The number of hydrogen-bond donors (Lipinski definition) is 1. The second-order valence-corrected chi connectivity index (χ2v) is 6.03. The summed E-state index contributed by atoms with van der Waals surface area (Å²) >= 11 is 0. The fourth-order valence-corrected chi connectivity index (χ4v) is 1.55. The normalized spacial score (nSPS) is 15.0. The van der Waals surface area contributed by atoms with E-state index in [1.165, 1.54) is 0 Å². The van der Waals surface area contributed by atoms with Crippen LogP contribution in [0.15, 0.2) is 4.52 Å². The first-order valence-corrected chi connectivity index (χ1v) is 5.79. The van der Waals surface area contributed by atoms with Gasteiger partial charge in [-0.2, -0.15) is 4.98 Å². The Balaban J connectivity index is 3.02. The van der Waals surface area contributed by atoms with Gasteiger partial charge < -0.3 is 15.0 Å². The molecule has 1 heterocycles. The minimum absolute atomic E-state index is 0.0806. The van der Waals surface area contributed by atoms with Crippen LogP contribution in [0.25, 0.3) is 0 Å². The average Bonchev–Trinajstić information content (AvgIpc) is 2.66. The quantitative estimate of drug-likeness (QED) is 0.873. The van der Waals surface area contributed by atoms with Crippen LogP contribution in [0, 0.1) is 5.41 Å². The average molecular weight is 241 g/mol. The van der Waals surface area contributed by atoms with Crippen LogP contribution in [-0.2, 0) is 10.2 Å². The third-order valence-electron chi connectivity index (χ3n) is 2.79. The van der Waals surface area contributed by atoms with Gasteiger partial charge in [0, 0.05) is 13.7 Å². The van der Waals surface area contributed by atoms with Gasteiger partial charge in [-0.25, -0.2) is 0 Å². The van der Waals surface area contributed by atoms with Crippen molar-refractivity contribution in [1.82, 2.24) is 10.1 Å². The first-order chi connectivity index (χ1) is 7.72. The Hall–Kier alpha value is -0.940. The maximum atomic E-state index is 5.68. The van der Waals surface area contributed by atoms with E-state index in [1.807, 2.05) is 13.8 Å². The summed E-state index contributed by atoms with van der Waals surface area (Å²) in [5.41, 5.74) is 5.30. The highest BCUT2D eigenvalue weighted by atomic mass is 16.5. The minimum Gasteiger partial charge on any atom is -0.373 e. The number of aromatic nitrogens is 2. The van der Waals surface area contributed by atoms with Gasteiger partial charge in [-0.15, -0.1) is 0 Å². The molecule has 0 amide bonds. The molecule has 1 atom stereocenters. The SMILES string of the molecule is COC(c1noc(C(C)(C)CN)n1)C(C)(C)C. The fraction of sp³-hybridized carbons (Fsp3) is 0.833. The second kappa shape index (κ2) is 4.74. The molecule has 0 radical (unpaired) electrons. The zero-order chi connectivity index (χ0) is 13.3. The molecule has 0 bridgehead atoms. The van der Waals surface area contributed by atoms with Gasteiger partial charge in [0.2, 0.25) is 11.7 Å². The highest BCUT2D eigenvalue weighted by Crippen LogP contribution is 2.34. The molecule has 98 valence electrons. The van der Waals surface area contributed by atoms with Crippen molar-refractivity contribution < 1.29 is 9.26 Å². The smallest absolute Gasteiger partial charge is 0.233 e. The number of nitrogens with zero attached hydrogens (tertiary/aromatic N) is 2. The summed E-state index contributed by atoms with van der Waals surface area (Å²) in [6, 6.07) is 0. The van der Waals surface area contributed by atoms with Gasteiger partial charge >= 0.3 is 0 Å². The number of nitrogens with two attached hydrogens (primary N) is 1. The molecule has 0 fully saturated rings. The Morgan fingerprint density at radius 3 is 2.29 bits per heavy atom. The lowest BCUT2D eigenvalue weighted by Crippen LogP contribution is -2.28. The van der Waals surface area contributed by atoms with Crippen LogP contribution in [0.5, 0.6) is 0 Å². The largest absolute Gasteiger partial charge is 0.373 e. The minimum atomic E-state index is -0.304. The number of rotatable bonds is 4. The number of methoxy groups -OCH3 is 1. The molecule has 2 N–H and O–H groups in total. The standard InChI is InChI=1S/C12H23N3O2/c1-11(2,3)8(16-6)9-14-10(17-15-9)12(4,5)7-13/h8H,7,13H2,1-6H3. The van der Waals surface area contributed by atoms with E-state index in [0.29, 0.717) is 18.3 Å². The van der Waals surface area contributed by atoms with Gasteiger partial charge in [-0.1, -0.05) is 25.9 Å². The lowest BCUT2D eigenvalue weighted by molar-refractivity contribution is 0.00718. The number of ether oxygens (including phenoxy) is 1. The van der Waals surface area contributed by atoms with E-state index in [4.69, 9.17) is 15.0 Å². The summed E-state index contributed by atoms with van der Waals surface area (Å²) in [5, 5.41) is 4.00. The second-order valence-electron chi connectivity index (χ2n) is 6.03. The Morgan fingerprint density at radius 2 is 1.88 bits per heavy atom. The fourth-order valence-electron chi connectivity index (χ4n) is 1.55. The molecule has 5 heteroatoms. The van der Waals surface area contributed by atoms with Crippen LogP contribution >= 0.6 is 0 Å². The van der Waals surface area contributed by atoms with E-state index in [1.54, 1.807) is 7.11 Å². The summed E-state index contributed by atoms with van der Waals surface area (Å²) in [6.45, 7) is 10.6. The molecule has 0 saturated heterocycles. The van der Waals surface area contributed by atoms with Crippen molar-refractivity contribution in [2.24, 2.45) is 11.1 Å². The number of hydrogen-bond acceptors (Lipinski definition) is 5. The van der Waals surface area contributed by atoms with Crippen LogP contribution in [0.1, 0.15) is 52.4 Å². The lowest BCUT2D eigenvalue weighted by atomic mass is 9.88. The molecular formula is C12H23N3O2. The maximum Gasteiger partial charge on any atom is 0.233 e. The molecule has 0 aliphatic rings. The summed E-state index contributed by atoms with van der Waals surface area (Å²) in [6.07, 6.45) is -0.187. The Labute approximate surface area is 103 Å². The van der Waals surface area contributed by atoms with E-state index < -0.39 is 0 Å². The maximum absolute atomic E-state index is 5.68. The molecule has 0 aliphatic heterocycles. The lowest BCUT2D eigenvalue weighted by Gasteiger charge is -2.26. The van der Waals surface area contributed by atoms with Crippen LogP contribution < -0.4 is 5.73 Å². The third kappa shape index (κ3) is 3.04. The van der Waals surface area contributed by atoms with Crippen LogP contribution in [0.3, 0.4) is 0 Å². The molecule has 1 aromatic heterocycles. The zero-order valence-corrected chi connectivity index (χ0v) is 11.6. The van der Waals surface area contributed by atoms with E-state index >= 15 is 0 Å². The summed E-state index contributed by atoms with van der Waals surface area (Å²) < 4.78 is 10.7. The van der Waals surface area contributed by atoms with Crippen molar-refractivity contribution in [1.29, 1.82) is 0 Å². The predicted molar refractivity (Wildman–Crippen MR) is 65.6 cm³/mol. The Bertz CT molecular complexity index is 366. The van der Waals surface area contributed by atoms with Crippen molar-refractivity contribution in [3.05, 3.63) is 11.7 Å². The van der Waals surface area contributed by atoms with Crippen molar-refractivity contribution in [3.8, 4) is 0 Å². The van der Waals surface area contributed by atoms with Gasteiger partial charge in [0.1, 0.15) is 6.10 Å². The van der Waals surface area contributed by atoms with Crippen LogP contribution in [0.4, 0.5) is 0 Å². The third-order valence-corrected chi connectivity index (χ3v) is 2.79. The summed E-state index contributed by atoms with van der Waals surface area (Å²) in [7, 11) is 1.65. The van der Waals surface area contributed by atoms with Gasteiger partial charge in [0.15, 0.2) is 0 Å². The zero-order valence-electron chi connectivity index (χ0n) is 11.6. The molecule has 1 rings (SSSR count). The van der Waals surface area contributed by atoms with Gasteiger partial charge in [0.05, 0.1) is 5.41 Å². The van der Waals surface area contributed by atoms with Crippen molar-refractivity contribution in [3.63, 3.8) is 0 Å². The molecule has 0 spiro atoms. The van der Waals surface area contributed by atoms with E-state index in [9.17, 15) is 0 Å². The highest BCUT2D eigenvalue weighted by Gasteiger charge is 2.33. The molecular weight excluding hydrogens is 218 g/mol. The van der Waals surface area contributed by atoms with E-state index in [2.05, 4.69) is 30.9 Å². The highest BCUT2D eigenvalue weighted by molar-refractivity contribution is 5.04. The summed E-state index contributed by atoms with van der Waals surface area (Å²) in [4.78, 5) is 4.41. The van der Waals surface area contributed by atoms with Gasteiger partial charge in [-0.05, 0) is 19.3 Å². The predicted octanol–water partition coefficient (Wildman–Crippen LogP) is 2.04. The van der Waals surface area contributed by atoms with Gasteiger partial charge in [-0.3, -0.25) is 0 Å². The molecule has 1 aromatic rings. The topological polar surface area (TPSA) is 74.2 Å². The van der Waals surface area contributed by atoms with Crippen molar-refractivity contribution in [2.75, 3.05) is 13.7 Å². The first-order valence-electron chi connectivity index (χ1n) is 5.79. The van der Waals surface area contributed by atoms with Gasteiger partial charge in [0.25, 0.3) is 0 Å². The Morgan fingerprint density at radius 1 is 1.29 bits per heavy atom. The molecule has 0 saturated carbocycles. The molecule has 5 nitrogen and oxygen atoms in total. The molecule has 1 unspecified atom stereocenters. The van der Waals surface area contributed by atoms with Crippen molar-refractivity contribution >= 4 is 0 Å². The summed E-state index contributed by atoms with van der Waals surface area (Å²) in [5.74, 6) is 1.14. The van der Waals surface area contributed by atoms with Crippen molar-refractivity contribution in [2.45, 2.75) is 46.1 Å². The van der Waals surface area contributed by atoms with Crippen LogP contribution in [0.2, 0.25) is 0 Å². The molecule has 17 heavy (non-hydrogen) atoms. The Kier molecular flexibility index (Phi) is 3.94. The van der Waals surface area contributed by atoms with E-state index in [-0.39, 0.29) is 16.9 Å². The van der Waals surface area contributed by atoms with E-state index in [0.717, 1.165) is 0 Å². The van der Waals surface area contributed by atoms with Crippen LogP contribution in [-0.4, -0.2) is 23.8 Å². The monoisotopic (exact) mass is 241 g/mol. The first kappa shape index (κ1) is 14.1. The molecule has 0 aliphatic carbocycles.